The van der Waals surface area contributed by atoms with Crippen molar-refractivity contribution in [2.75, 3.05) is 33.3 Å². The quantitative estimate of drug-likeness (QED) is 0.902. The van der Waals surface area contributed by atoms with Crippen molar-refractivity contribution in [1.29, 1.82) is 0 Å². The summed E-state index contributed by atoms with van der Waals surface area (Å²) in [5.74, 6) is 0.208. The van der Waals surface area contributed by atoms with E-state index in [4.69, 9.17) is 16.3 Å². The van der Waals surface area contributed by atoms with Crippen molar-refractivity contribution < 1.29 is 9.13 Å². The van der Waals surface area contributed by atoms with Gasteiger partial charge in [0.05, 0.1) is 5.02 Å². The lowest BCUT2D eigenvalue weighted by molar-refractivity contribution is 0.167. The lowest BCUT2D eigenvalue weighted by atomic mass is 10.1. The molecule has 2 rings (SSSR count). The molecule has 1 aromatic rings. The average Bonchev–Trinajstić information content (AvgIpc) is 2.42. The van der Waals surface area contributed by atoms with Crippen LogP contribution in [0.1, 0.15) is 12.8 Å². The molecule has 3 nitrogen and oxygen atoms in total. The minimum Gasteiger partial charge on any atom is -0.491 e. The zero-order valence-corrected chi connectivity index (χ0v) is 13.1. The van der Waals surface area contributed by atoms with Crippen LogP contribution in [0.3, 0.4) is 0 Å². The van der Waals surface area contributed by atoms with Crippen LogP contribution in [0.25, 0.3) is 0 Å². The Morgan fingerprint density at radius 1 is 1.40 bits per heavy atom. The molecule has 0 radical (unpaired) electrons. The first kappa shape index (κ1) is 17.5. The highest BCUT2D eigenvalue weighted by Crippen LogP contribution is 2.24. The number of nitrogens with zero attached hydrogens (tertiary/aromatic N) is 1. The van der Waals surface area contributed by atoms with E-state index >= 15 is 0 Å². The van der Waals surface area contributed by atoms with E-state index in [1.807, 2.05) is 7.05 Å². The van der Waals surface area contributed by atoms with Crippen LogP contribution in [0.15, 0.2) is 18.2 Å². The van der Waals surface area contributed by atoms with Gasteiger partial charge in [-0.2, -0.15) is 0 Å². The zero-order chi connectivity index (χ0) is 13.7. The van der Waals surface area contributed by atoms with Crippen LogP contribution in [0.5, 0.6) is 5.75 Å². The monoisotopic (exact) mass is 322 g/mol. The highest BCUT2D eigenvalue weighted by Gasteiger charge is 2.17. The molecule has 1 aliphatic heterocycles. The molecule has 0 bridgehead atoms. The van der Waals surface area contributed by atoms with Gasteiger partial charge in [-0.1, -0.05) is 11.6 Å². The van der Waals surface area contributed by atoms with Crippen molar-refractivity contribution in [1.82, 2.24) is 10.2 Å². The number of piperidine rings is 1. The molecule has 0 aliphatic carbocycles. The fourth-order valence-electron chi connectivity index (χ4n) is 2.32. The van der Waals surface area contributed by atoms with Crippen LogP contribution < -0.4 is 10.1 Å². The number of benzene rings is 1. The lowest BCUT2D eigenvalue weighted by Gasteiger charge is -2.31. The summed E-state index contributed by atoms with van der Waals surface area (Å²) in [6, 6.07) is 4.85. The third-order valence-corrected chi connectivity index (χ3v) is 3.85. The van der Waals surface area contributed by atoms with E-state index in [1.165, 1.54) is 25.0 Å². The van der Waals surface area contributed by atoms with E-state index in [-0.39, 0.29) is 18.2 Å². The minimum absolute atomic E-state index is 0. The highest BCUT2D eigenvalue weighted by atomic mass is 35.5. The molecule has 0 saturated carbocycles. The van der Waals surface area contributed by atoms with Crippen molar-refractivity contribution in [3.63, 3.8) is 0 Å². The maximum absolute atomic E-state index is 12.9. The topological polar surface area (TPSA) is 24.5 Å². The van der Waals surface area contributed by atoms with Crippen LogP contribution in [0.4, 0.5) is 4.39 Å². The number of nitrogens with one attached hydrogen (secondary N) is 1. The maximum atomic E-state index is 12.9. The summed E-state index contributed by atoms with van der Waals surface area (Å²) >= 11 is 5.90. The lowest BCUT2D eigenvalue weighted by Crippen LogP contribution is -2.42. The first-order chi connectivity index (χ1) is 9.19. The van der Waals surface area contributed by atoms with Crippen molar-refractivity contribution in [3.05, 3.63) is 29.0 Å². The summed E-state index contributed by atoms with van der Waals surface area (Å²) in [6.45, 7) is 3.64. The Kier molecular flexibility index (Phi) is 7.59. The van der Waals surface area contributed by atoms with Gasteiger partial charge in [-0.25, -0.2) is 4.39 Å². The number of rotatable bonds is 5. The Hall–Kier alpha value is -0.550. The second-order valence-electron chi connectivity index (χ2n) is 4.83. The predicted octanol–water partition coefficient (Wildman–Crippen LogP) is 2.96. The molecule has 1 aliphatic rings. The Bertz CT molecular complexity index is 412. The van der Waals surface area contributed by atoms with Gasteiger partial charge in [-0.05, 0) is 51.2 Å². The summed E-state index contributed by atoms with van der Waals surface area (Å²) in [6.07, 6.45) is 2.35. The van der Waals surface area contributed by atoms with Gasteiger partial charge in [-0.3, -0.25) is 4.90 Å². The number of ether oxygens (including phenoxy) is 1. The van der Waals surface area contributed by atoms with Gasteiger partial charge in [0.2, 0.25) is 0 Å². The van der Waals surface area contributed by atoms with Crippen LogP contribution in [-0.4, -0.2) is 44.2 Å². The normalized spacial score (nSPS) is 16.8. The SMILES string of the molecule is CNC1CCN(CCOc2ccc(F)cc2Cl)CC1.Cl. The fraction of sp³-hybridized carbons (Fsp3) is 0.571. The Balaban J connectivity index is 0.00000200. The van der Waals surface area contributed by atoms with E-state index in [1.54, 1.807) is 6.07 Å². The third-order valence-electron chi connectivity index (χ3n) is 3.55. The van der Waals surface area contributed by atoms with Crippen LogP contribution in [0.2, 0.25) is 5.02 Å². The standard InChI is InChI=1S/C14H20ClFN2O.ClH/c1-17-12-4-6-18(7-5-12)8-9-19-14-3-2-11(16)10-13(14)15;/h2-3,10,12,17H,4-9H2,1H3;1H. The molecule has 0 aromatic heterocycles. The van der Waals surface area contributed by atoms with Gasteiger partial charge in [0.1, 0.15) is 18.2 Å². The van der Waals surface area contributed by atoms with Crippen LogP contribution >= 0.6 is 24.0 Å². The van der Waals surface area contributed by atoms with E-state index in [0.29, 0.717) is 23.4 Å². The van der Waals surface area contributed by atoms with E-state index < -0.39 is 0 Å². The molecular formula is C14H21Cl2FN2O. The molecule has 1 heterocycles. The van der Waals surface area contributed by atoms with Crippen LogP contribution in [0, 0.1) is 5.82 Å². The Morgan fingerprint density at radius 2 is 2.10 bits per heavy atom. The second-order valence-corrected chi connectivity index (χ2v) is 5.23. The van der Waals surface area contributed by atoms with Crippen molar-refractivity contribution in [2.24, 2.45) is 0 Å². The molecule has 1 aromatic carbocycles. The van der Waals surface area contributed by atoms with Gasteiger partial charge in [0.15, 0.2) is 0 Å². The van der Waals surface area contributed by atoms with Gasteiger partial charge < -0.3 is 10.1 Å². The molecule has 1 saturated heterocycles. The Labute approximate surface area is 130 Å². The maximum Gasteiger partial charge on any atom is 0.138 e. The molecule has 1 N–H and O–H groups in total. The highest BCUT2D eigenvalue weighted by molar-refractivity contribution is 6.32. The minimum atomic E-state index is -0.341. The average molecular weight is 323 g/mol. The largest absolute Gasteiger partial charge is 0.491 e. The zero-order valence-electron chi connectivity index (χ0n) is 11.6. The molecule has 114 valence electrons. The summed E-state index contributed by atoms with van der Waals surface area (Å²) in [5.41, 5.74) is 0. The molecule has 20 heavy (non-hydrogen) atoms. The van der Waals surface area contributed by atoms with Crippen molar-refractivity contribution >= 4 is 24.0 Å². The third kappa shape index (κ3) is 5.09. The number of halogens is 3. The van der Waals surface area contributed by atoms with Gasteiger partial charge in [-0.15, -0.1) is 12.4 Å². The summed E-state index contributed by atoms with van der Waals surface area (Å²) in [4.78, 5) is 2.38. The molecule has 1 fully saturated rings. The Morgan fingerprint density at radius 3 is 2.70 bits per heavy atom. The van der Waals surface area contributed by atoms with E-state index in [9.17, 15) is 4.39 Å². The molecule has 0 amide bonds. The van der Waals surface area contributed by atoms with Crippen LogP contribution in [-0.2, 0) is 0 Å². The molecule has 0 spiro atoms. The van der Waals surface area contributed by atoms with Gasteiger partial charge >= 0.3 is 0 Å². The molecule has 6 heteroatoms. The predicted molar refractivity (Wildman–Crippen MR) is 82.7 cm³/mol. The molecule has 0 unspecified atom stereocenters. The fourth-order valence-corrected chi connectivity index (χ4v) is 2.54. The first-order valence-electron chi connectivity index (χ1n) is 6.66. The second kappa shape index (κ2) is 8.67. The summed E-state index contributed by atoms with van der Waals surface area (Å²) in [7, 11) is 2.01. The number of hydrogen-bond donors (Lipinski definition) is 1. The van der Waals surface area contributed by atoms with Crippen molar-refractivity contribution in [2.45, 2.75) is 18.9 Å². The van der Waals surface area contributed by atoms with Gasteiger partial charge in [0.25, 0.3) is 0 Å². The van der Waals surface area contributed by atoms with Gasteiger partial charge in [0, 0.05) is 12.6 Å². The van der Waals surface area contributed by atoms with E-state index in [0.717, 1.165) is 19.6 Å². The molecular weight excluding hydrogens is 302 g/mol. The number of hydrogen-bond acceptors (Lipinski definition) is 3. The smallest absolute Gasteiger partial charge is 0.138 e. The summed E-state index contributed by atoms with van der Waals surface area (Å²) < 4.78 is 18.5. The number of likely N-dealkylation sites (tertiary alicyclic amines) is 1. The van der Waals surface area contributed by atoms with E-state index in [2.05, 4.69) is 10.2 Å². The summed E-state index contributed by atoms with van der Waals surface area (Å²) in [5, 5.41) is 3.64. The molecule has 0 atom stereocenters. The van der Waals surface area contributed by atoms with Crippen molar-refractivity contribution in [3.8, 4) is 5.75 Å². The first-order valence-corrected chi connectivity index (χ1v) is 7.04.